The molecule has 3 aromatic rings. The normalized spacial score (nSPS) is 10.3. The van der Waals surface area contributed by atoms with Gasteiger partial charge in [-0.15, -0.1) is 0 Å². The lowest BCUT2D eigenvalue weighted by Gasteiger charge is -2.04. The van der Waals surface area contributed by atoms with Crippen molar-refractivity contribution in [1.82, 2.24) is 4.98 Å². The molecule has 92 valence electrons. The first-order valence-electron chi connectivity index (χ1n) is 6.17. The second-order valence-corrected chi connectivity index (χ2v) is 4.37. The number of hydrogen-bond donors (Lipinski definition) is 2. The number of para-hydroxylation sites is 1. The molecule has 0 fully saturated rings. The first-order chi connectivity index (χ1) is 9.38. The van der Waals surface area contributed by atoms with Crippen molar-refractivity contribution < 1.29 is 0 Å². The number of nitrogens with zero attached hydrogens (tertiary/aromatic N) is 1. The zero-order valence-corrected chi connectivity index (χ0v) is 10.4. The molecule has 0 saturated heterocycles. The zero-order valence-electron chi connectivity index (χ0n) is 10.4. The van der Waals surface area contributed by atoms with E-state index >= 15 is 0 Å². The quantitative estimate of drug-likeness (QED) is 0.742. The van der Waals surface area contributed by atoms with Crippen molar-refractivity contribution in [1.29, 1.82) is 5.26 Å². The van der Waals surface area contributed by atoms with Crippen LogP contribution in [-0.2, 0) is 6.54 Å². The Morgan fingerprint density at radius 2 is 1.74 bits per heavy atom. The van der Waals surface area contributed by atoms with E-state index in [1.165, 1.54) is 5.56 Å². The Morgan fingerprint density at radius 3 is 2.53 bits per heavy atom. The second-order valence-electron chi connectivity index (χ2n) is 4.37. The Bertz CT molecular complexity index is 736. The summed E-state index contributed by atoms with van der Waals surface area (Å²) in [7, 11) is 0. The van der Waals surface area contributed by atoms with Crippen molar-refractivity contribution in [3.8, 4) is 6.07 Å². The summed E-state index contributed by atoms with van der Waals surface area (Å²) in [5, 5.41) is 13.5. The van der Waals surface area contributed by atoms with Gasteiger partial charge in [0.15, 0.2) is 0 Å². The fraction of sp³-hybridized carbons (Fsp3) is 0.0625. The Morgan fingerprint density at radius 1 is 1.00 bits per heavy atom. The summed E-state index contributed by atoms with van der Waals surface area (Å²) >= 11 is 0. The van der Waals surface area contributed by atoms with Crippen LogP contribution in [0.15, 0.2) is 54.6 Å². The van der Waals surface area contributed by atoms with E-state index in [-0.39, 0.29) is 0 Å². The number of H-pyrrole nitrogens is 1. The van der Waals surface area contributed by atoms with Gasteiger partial charge in [-0.2, -0.15) is 5.26 Å². The molecule has 0 radical (unpaired) electrons. The topological polar surface area (TPSA) is 51.6 Å². The molecule has 0 aliphatic rings. The van der Waals surface area contributed by atoms with Gasteiger partial charge in [-0.05, 0) is 11.6 Å². The van der Waals surface area contributed by atoms with E-state index in [0.717, 1.165) is 16.7 Å². The van der Waals surface area contributed by atoms with Crippen molar-refractivity contribution in [2.24, 2.45) is 0 Å². The molecule has 3 heteroatoms. The number of aromatic amines is 1. The summed E-state index contributed by atoms with van der Waals surface area (Å²) in [6.07, 6.45) is 0. The number of anilines is 1. The van der Waals surface area contributed by atoms with Crippen LogP contribution in [0.2, 0.25) is 0 Å². The van der Waals surface area contributed by atoms with Gasteiger partial charge in [0.25, 0.3) is 0 Å². The van der Waals surface area contributed by atoms with Crippen LogP contribution < -0.4 is 5.32 Å². The zero-order chi connectivity index (χ0) is 13.1. The van der Waals surface area contributed by atoms with Crippen molar-refractivity contribution in [3.63, 3.8) is 0 Å². The third-order valence-electron chi connectivity index (χ3n) is 3.13. The maximum Gasteiger partial charge on any atom is 0.122 e. The average Bonchev–Trinajstić information content (AvgIpc) is 2.83. The molecule has 1 aromatic heterocycles. The molecular formula is C16H13N3. The SMILES string of the molecule is N#Cc1c(NCc2ccccc2)[nH]c2ccccc12. The highest BCUT2D eigenvalue weighted by atomic mass is 15.0. The summed E-state index contributed by atoms with van der Waals surface area (Å²) in [5.74, 6) is 0.785. The van der Waals surface area contributed by atoms with Gasteiger partial charge in [0.05, 0.1) is 0 Å². The Labute approximate surface area is 111 Å². The lowest BCUT2D eigenvalue weighted by atomic mass is 10.2. The fourth-order valence-corrected chi connectivity index (χ4v) is 2.18. The maximum atomic E-state index is 9.29. The van der Waals surface area contributed by atoms with E-state index < -0.39 is 0 Å². The van der Waals surface area contributed by atoms with Gasteiger partial charge >= 0.3 is 0 Å². The molecule has 19 heavy (non-hydrogen) atoms. The average molecular weight is 247 g/mol. The largest absolute Gasteiger partial charge is 0.366 e. The molecule has 0 aliphatic carbocycles. The van der Waals surface area contributed by atoms with Crippen LogP contribution in [0, 0.1) is 11.3 Å². The number of fused-ring (bicyclic) bond motifs is 1. The van der Waals surface area contributed by atoms with E-state index in [1.807, 2.05) is 42.5 Å². The number of rotatable bonds is 3. The van der Waals surface area contributed by atoms with Crippen molar-refractivity contribution in [2.45, 2.75) is 6.54 Å². The van der Waals surface area contributed by atoms with Gasteiger partial charge in [0.1, 0.15) is 17.5 Å². The Hall–Kier alpha value is -2.73. The minimum Gasteiger partial charge on any atom is -0.366 e. The molecule has 0 spiro atoms. The first kappa shape index (κ1) is 11.4. The summed E-state index contributed by atoms with van der Waals surface area (Å²) in [4.78, 5) is 3.25. The third kappa shape index (κ3) is 2.16. The van der Waals surface area contributed by atoms with E-state index in [2.05, 4.69) is 28.5 Å². The molecule has 0 atom stereocenters. The molecule has 2 N–H and O–H groups in total. The van der Waals surface area contributed by atoms with Gasteiger partial charge < -0.3 is 10.3 Å². The van der Waals surface area contributed by atoms with E-state index in [9.17, 15) is 5.26 Å². The first-order valence-corrected chi connectivity index (χ1v) is 6.17. The second kappa shape index (κ2) is 4.87. The van der Waals surface area contributed by atoms with Crippen molar-refractivity contribution in [2.75, 3.05) is 5.32 Å². The fourth-order valence-electron chi connectivity index (χ4n) is 2.18. The van der Waals surface area contributed by atoms with Gasteiger partial charge in [-0.25, -0.2) is 0 Å². The van der Waals surface area contributed by atoms with Crippen LogP contribution in [0.25, 0.3) is 10.9 Å². The van der Waals surface area contributed by atoms with Crippen LogP contribution >= 0.6 is 0 Å². The van der Waals surface area contributed by atoms with Crippen molar-refractivity contribution in [3.05, 3.63) is 65.7 Å². The van der Waals surface area contributed by atoms with Crippen LogP contribution in [0.5, 0.6) is 0 Å². The van der Waals surface area contributed by atoms with E-state index in [1.54, 1.807) is 0 Å². The molecule has 0 saturated carbocycles. The summed E-state index contributed by atoms with van der Waals surface area (Å²) in [6.45, 7) is 0.697. The Kier molecular flexibility index (Phi) is 2.91. The minimum absolute atomic E-state index is 0.673. The van der Waals surface area contributed by atoms with Gasteiger partial charge in [-0.3, -0.25) is 0 Å². The molecule has 0 bridgehead atoms. The van der Waals surface area contributed by atoms with Crippen molar-refractivity contribution >= 4 is 16.7 Å². The molecule has 3 rings (SSSR count). The highest BCUT2D eigenvalue weighted by Crippen LogP contribution is 2.25. The van der Waals surface area contributed by atoms with E-state index in [0.29, 0.717) is 12.1 Å². The number of hydrogen-bond acceptors (Lipinski definition) is 2. The summed E-state index contributed by atoms with van der Waals surface area (Å²) in [5.41, 5.74) is 2.84. The number of aromatic nitrogens is 1. The number of nitriles is 1. The van der Waals surface area contributed by atoms with Crippen LogP contribution in [0.1, 0.15) is 11.1 Å². The van der Waals surface area contributed by atoms with Gasteiger partial charge in [0.2, 0.25) is 0 Å². The molecule has 0 amide bonds. The molecule has 0 unspecified atom stereocenters. The summed E-state index contributed by atoms with van der Waals surface area (Å²) in [6, 6.07) is 20.2. The minimum atomic E-state index is 0.673. The lowest BCUT2D eigenvalue weighted by molar-refractivity contribution is 1.13. The molecule has 0 aliphatic heterocycles. The molecule has 2 aromatic carbocycles. The standard InChI is InChI=1S/C16H13N3/c17-10-14-13-8-4-5-9-15(13)19-16(14)18-11-12-6-2-1-3-7-12/h1-9,18-19H,11H2. The highest BCUT2D eigenvalue weighted by molar-refractivity contribution is 5.91. The van der Waals surface area contributed by atoms with Gasteiger partial charge in [-0.1, -0.05) is 48.5 Å². The van der Waals surface area contributed by atoms with Crippen LogP contribution in [0.4, 0.5) is 5.82 Å². The molecule has 1 heterocycles. The predicted molar refractivity (Wildman–Crippen MR) is 76.8 cm³/mol. The molecule has 3 nitrogen and oxygen atoms in total. The smallest absolute Gasteiger partial charge is 0.122 e. The maximum absolute atomic E-state index is 9.29. The molecular weight excluding hydrogens is 234 g/mol. The lowest BCUT2D eigenvalue weighted by Crippen LogP contribution is -2.00. The van der Waals surface area contributed by atoms with E-state index in [4.69, 9.17) is 0 Å². The van der Waals surface area contributed by atoms with Gasteiger partial charge in [0, 0.05) is 17.4 Å². The predicted octanol–water partition coefficient (Wildman–Crippen LogP) is 3.65. The third-order valence-corrected chi connectivity index (χ3v) is 3.13. The highest BCUT2D eigenvalue weighted by Gasteiger charge is 2.09. The summed E-state index contributed by atoms with van der Waals surface area (Å²) < 4.78 is 0. The van der Waals surface area contributed by atoms with Crippen LogP contribution in [-0.4, -0.2) is 4.98 Å². The monoisotopic (exact) mass is 247 g/mol. The van der Waals surface area contributed by atoms with Crippen LogP contribution in [0.3, 0.4) is 0 Å². The number of benzene rings is 2. The number of nitrogens with one attached hydrogen (secondary N) is 2. The Balaban J connectivity index is 1.91.